The lowest BCUT2D eigenvalue weighted by molar-refractivity contribution is -0.148. The molecule has 0 aromatic heterocycles. The zero-order valence-corrected chi connectivity index (χ0v) is 18.7. The lowest BCUT2D eigenvalue weighted by atomic mass is 10.2. The molecule has 10 heteroatoms. The van der Waals surface area contributed by atoms with Crippen LogP contribution in [0.2, 0.25) is 0 Å². The number of nitrogens with one attached hydrogen (secondary N) is 1. The van der Waals surface area contributed by atoms with Crippen LogP contribution in [0.3, 0.4) is 0 Å². The molecule has 0 saturated carbocycles. The Balaban J connectivity index is 1.97. The maximum absolute atomic E-state index is 13.6. The van der Waals surface area contributed by atoms with E-state index < -0.39 is 39.6 Å². The number of hydrogen-bond acceptors (Lipinski definition) is 5. The van der Waals surface area contributed by atoms with Gasteiger partial charge in [-0.3, -0.25) is 4.79 Å². The predicted octanol–water partition coefficient (Wildman–Crippen LogP) is 3.58. The molecule has 1 unspecified atom stereocenters. The Morgan fingerprint density at radius 2 is 1.72 bits per heavy atom. The Hall–Kier alpha value is -3.11. The SMILES string of the molecule is CCN(CC)S(=O)(=O)c1ccc(/C=C/C(=O)OC(C)C(=O)Nc2ccc(F)cc2F)cc1. The Morgan fingerprint density at radius 1 is 1.09 bits per heavy atom. The first-order valence-electron chi connectivity index (χ1n) is 9.83. The maximum atomic E-state index is 13.6. The second-order valence-corrected chi connectivity index (χ2v) is 8.62. The van der Waals surface area contributed by atoms with Gasteiger partial charge in [-0.1, -0.05) is 26.0 Å². The summed E-state index contributed by atoms with van der Waals surface area (Å²) in [5, 5.41) is 2.21. The van der Waals surface area contributed by atoms with Gasteiger partial charge in [0.25, 0.3) is 5.91 Å². The maximum Gasteiger partial charge on any atom is 0.331 e. The van der Waals surface area contributed by atoms with Gasteiger partial charge in [-0.2, -0.15) is 4.31 Å². The highest BCUT2D eigenvalue weighted by Crippen LogP contribution is 2.17. The zero-order valence-electron chi connectivity index (χ0n) is 17.8. The van der Waals surface area contributed by atoms with Crippen LogP contribution in [0.15, 0.2) is 53.4 Å². The third kappa shape index (κ3) is 6.44. The average Bonchev–Trinajstić information content (AvgIpc) is 2.75. The zero-order chi connectivity index (χ0) is 23.9. The van der Waals surface area contributed by atoms with Crippen LogP contribution in [-0.2, 0) is 24.3 Å². The molecule has 2 rings (SSSR count). The Labute approximate surface area is 185 Å². The Morgan fingerprint density at radius 3 is 2.28 bits per heavy atom. The van der Waals surface area contributed by atoms with Crippen LogP contribution in [-0.4, -0.2) is 43.8 Å². The Kier molecular flexibility index (Phi) is 8.62. The highest BCUT2D eigenvalue weighted by Gasteiger charge is 2.21. The summed E-state index contributed by atoms with van der Waals surface area (Å²) in [5.74, 6) is -3.36. The number of carbonyl (C=O) groups is 2. The van der Waals surface area contributed by atoms with Crippen molar-refractivity contribution in [2.45, 2.75) is 31.8 Å². The molecule has 2 aromatic carbocycles. The normalized spacial score (nSPS) is 12.7. The van der Waals surface area contributed by atoms with Crippen LogP contribution >= 0.6 is 0 Å². The first-order chi connectivity index (χ1) is 15.1. The summed E-state index contributed by atoms with van der Waals surface area (Å²) in [7, 11) is -3.58. The molecule has 1 N–H and O–H groups in total. The molecule has 2 aromatic rings. The topological polar surface area (TPSA) is 92.8 Å². The first-order valence-corrected chi connectivity index (χ1v) is 11.3. The van der Waals surface area contributed by atoms with Gasteiger partial charge in [-0.15, -0.1) is 0 Å². The first kappa shape index (κ1) is 25.2. The standard InChI is InChI=1S/C22H24F2N2O5S/c1-4-26(5-2)32(29,30)18-10-6-16(7-11-18)8-13-21(27)31-15(3)22(28)25-20-12-9-17(23)14-19(20)24/h6-15H,4-5H2,1-3H3,(H,25,28)/b13-8+. The van der Waals surface area contributed by atoms with Crippen molar-refractivity contribution in [1.82, 2.24) is 4.31 Å². The van der Waals surface area contributed by atoms with Gasteiger partial charge in [0.1, 0.15) is 11.6 Å². The van der Waals surface area contributed by atoms with Gasteiger partial charge in [0.2, 0.25) is 10.0 Å². The van der Waals surface area contributed by atoms with Crippen LogP contribution < -0.4 is 5.32 Å². The van der Waals surface area contributed by atoms with Gasteiger partial charge < -0.3 is 10.1 Å². The van der Waals surface area contributed by atoms with Crippen LogP contribution in [0, 0.1) is 11.6 Å². The van der Waals surface area contributed by atoms with Crippen LogP contribution in [0.5, 0.6) is 0 Å². The number of sulfonamides is 1. The van der Waals surface area contributed by atoms with E-state index in [1.165, 1.54) is 41.6 Å². The summed E-state index contributed by atoms with van der Waals surface area (Å²) in [5.41, 5.74) is 0.306. The number of ether oxygens (including phenoxy) is 1. The van der Waals surface area contributed by atoms with Crippen LogP contribution in [0.4, 0.5) is 14.5 Å². The van der Waals surface area contributed by atoms with Gasteiger partial charge in [-0.05, 0) is 42.8 Å². The summed E-state index contributed by atoms with van der Waals surface area (Å²) in [4.78, 5) is 24.2. The van der Waals surface area contributed by atoms with Crippen molar-refractivity contribution in [1.29, 1.82) is 0 Å². The number of hydrogen-bond donors (Lipinski definition) is 1. The van der Waals surface area contributed by atoms with Gasteiger partial charge in [0.15, 0.2) is 6.10 Å². The number of esters is 1. The highest BCUT2D eigenvalue weighted by atomic mass is 32.2. The number of halogens is 2. The molecule has 32 heavy (non-hydrogen) atoms. The Bertz CT molecular complexity index is 1100. The average molecular weight is 467 g/mol. The summed E-state index contributed by atoms with van der Waals surface area (Å²) >= 11 is 0. The highest BCUT2D eigenvalue weighted by molar-refractivity contribution is 7.89. The largest absolute Gasteiger partial charge is 0.449 e. The molecule has 0 radical (unpaired) electrons. The summed E-state index contributed by atoms with van der Waals surface area (Å²) in [6.07, 6.45) is 1.24. The second kappa shape index (κ2) is 11.0. The van der Waals surface area contributed by atoms with Gasteiger partial charge >= 0.3 is 5.97 Å². The van der Waals surface area contributed by atoms with Crippen molar-refractivity contribution >= 4 is 33.7 Å². The van der Waals surface area contributed by atoms with E-state index in [1.54, 1.807) is 13.8 Å². The number of nitrogens with zero attached hydrogens (tertiary/aromatic N) is 1. The van der Waals surface area contributed by atoms with Gasteiger partial charge in [-0.25, -0.2) is 22.0 Å². The molecule has 172 valence electrons. The molecule has 0 aliphatic rings. The van der Waals surface area contributed by atoms with E-state index >= 15 is 0 Å². The fourth-order valence-electron chi connectivity index (χ4n) is 2.72. The number of carbonyl (C=O) groups excluding carboxylic acids is 2. The molecule has 0 fully saturated rings. The van der Waals surface area contributed by atoms with E-state index in [0.717, 1.165) is 18.2 Å². The lowest BCUT2D eigenvalue weighted by Crippen LogP contribution is -2.30. The molecule has 0 heterocycles. The molecular formula is C22H24F2N2O5S. The second-order valence-electron chi connectivity index (χ2n) is 6.68. The number of benzene rings is 2. The quantitative estimate of drug-likeness (QED) is 0.451. The molecule has 0 spiro atoms. The van der Waals surface area contributed by atoms with Crippen LogP contribution in [0.1, 0.15) is 26.3 Å². The van der Waals surface area contributed by atoms with Gasteiger partial charge in [0, 0.05) is 25.2 Å². The minimum absolute atomic E-state index is 0.138. The molecule has 0 saturated heterocycles. The monoisotopic (exact) mass is 466 g/mol. The molecule has 0 bridgehead atoms. The number of amides is 1. The molecule has 1 atom stereocenters. The van der Waals surface area contributed by atoms with Crippen molar-refractivity contribution in [2.24, 2.45) is 0 Å². The van der Waals surface area contributed by atoms with Gasteiger partial charge in [0.05, 0.1) is 10.6 Å². The van der Waals surface area contributed by atoms with E-state index in [-0.39, 0.29) is 10.6 Å². The molecular weight excluding hydrogens is 442 g/mol. The molecule has 7 nitrogen and oxygen atoms in total. The summed E-state index contributed by atoms with van der Waals surface area (Å²) in [6.45, 7) is 5.51. The minimum Gasteiger partial charge on any atom is -0.449 e. The minimum atomic E-state index is -3.58. The predicted molar refractivity (Wildman–Crippen MR) is 116 cm³/mol. The molecule has 0 aliphatic carbocycles. The molecule has 0 aliphatic heterocycles. The fraction of sp³-hybridized carbons (Fsp3) is 0.273. The van der Waals surface area contributed by atoms with Crippen molar-refractivity contribution in [2.75, 3.05) is 18.4 Å². The lowest BCUT2D eigenvalue weighted by Gasteiger charge is -2.18. The van der Waals surface area contributed by atoms with Crippen molar-refractivity contribution < 1.29 is 31.5 Å². The third-order valence-corrected chi connectivity index (χ3v) is 6.55. The number of rotatable bonds is 9. The summed E-state index contributed by atoms with van der Waals surface area (Å²) in [6, 6.07) is 8.60. The van der Waals surface area contributed by atoms with Crippen molar-refractivity contribution in [3.63, 3.8) is 0 Å². The smallest absolute Gasteiger partial charge is 0.331 e. The van der Waals surface area contributed by atoms with Crippen molar-refractivity contribution in [3.05, 3.63) is 65.7 Å². The summed E-state index contributed by atoms with van der Waals surface area (Å²) < 4.78 is 57.8. The van der Waals surface area contributed by atoms with E-state index in [9.17, 15) is 26.8 Å². The van der Waals surface area contributed by atoms with E-state index in [2.05, 4.69) is 5.32 Å². The fourth-order valence-corrected chi connectivity index (χ4v) is 4.18. The third-order valence-electron chi connectivity index (χ3n) is 4.49. The van der Waals surface area contributed by atoms with E-state index in [0.29, 0.717) is 24.7 Å². The van der Waals surface area contributed by atoms with Crippen LogP contribution in [0.25, 0.3) is 6.08 Å². The van der Waals surface area contributed by atoms with E-state index in [4.69, 9.17) is 4.74 Å². The van der Waals surface area contributed by atoms with Crippen molar-refractivity contribution in [3.8, 4) is 0 Å². The number of anilines is 1. The molecule has 1 amide bonds. The van der Waals surface area contributed by atoms with E-state index in [1.807, 2.05) is 0 Å².